The molecule has 1 aromatic rings. The lowest BCUT2D eigenvalue weighted by Crippen LogP contribution is -2.45. The monoisotopic (exact) mass is 249 g/mol. The molecule has 1 aliphatic carbocycles. The fourth-order valence-corrected chi connectivity index (χ4v) is 2.12. The van der Waals surface area contributed by atoms with E-state index < -0.39 is 0 Å². The molecule has 0 unspecified atom stereocenters. The number of hydrogen-bond donors (Lipinski definition) is 2. The van der Waals surface area contributed by atoms with Crippen molar-refractivity contribution in [3.8, 4) is 0 Å². The molecule has 0 bridgehead atoms. The third kappa shape index (κ3) is 2.61. The van der Waals surface area contributed by atoms with Crippen molar-refractivity contribution in [1.82, 2.24) is 9.88 Å². The Bertz CT molecular complexity index is 418. The number of aliphatic hydroxyl groups is 1. The van der Waals surface area contributed by atoms with Crippen molar-refractivity contribution in [2.24, 2.45) is 0 Å². The number of nitrogen functional groups attached to an aromatic ring is 1. The van der Waals surface area contributed by atoms with Crippen LogP contribution in [0.25, 0.3) is 0 Å². The number of aliphatic hydroxyl groups excluding tert-OH is 1. The summed E-state index contributed by atoms with van der Waals surface area (Å²) >= 11 is 0. The highest BCUT2D eigenvalue weighted by Gasteiger charge is 2.30. The number of pyridine rings is 1. The van der Waals surface area contributed by atoms with Crippen LogP contribution in [0.4, 0.5) is 5.69 Å². The Labute approximate surface area is 107 Å². The molecule has 1 amide bonds. The van der Waals surface area contributed by atoms with Crippen molar-refractivity contribution >= 4 is 11.6 Å². The van der Waals surface area contributed by atoms with Gasteiger partial charge in [-0.2, -0.15) is 0 Å². The number of amides is 1. The van der Waals surface area contributed by atoms with E-state index in [1.165, 1.54) is 0 Å². The van der Waals surface area contributed by atoms with E-state index >= 15 is 0 Å². The number of aromatic nitrogens is 1. The number of carbonyl (C=O) groups is 1. The lowest BCUT2D eigenvalue weighted by atomic mass is 9.91. The van der Waals surface area contributed by atoms with Gasteiger partial charge in [-0.3, -0.25) is 4.79 Å². The maximum absolute atomic E-state index is 12.4. The molecule has 0 atom stereocenters. The van der Waals surface area contributed by atoms with Gasteiger partial charge in [-0.25, -0.2) is 4.98 Å². The van der Waals surface area contributed by atoms with Gasteiger partial charge < -0.3 is 15.7 Å². The smallest absolute Gasteiger partial charge is 0.274 e. The van der Waals surface area contributed by atoms with E-state index in [4.69, 9.17) is 10.8 Å². The topological polar surface area (TPSA) is 79.5 Å². The Hall–Kier alpha value is -1.62. The molecule has 1 heterocycles. The van der Waals surface area contributed by atoms with Gasteiger partial charge in [0, 0.05) is 25.4 Å². The maximum Gasteiger partial charge on any atom is 0.274 e. The van der Waals surface area contributed by atoms with Gasteiger partial charge in [0.2, 0.25) is 0 Å². The van der Waals surface area contributed by atoms with Gasteiger partial charge in [0.1, 0.15) is 0 Å². The van der Waals surface area contributed by atoms with Gasteiger partial charge in [-0.1, -0.05) is 0 Å². The van der Waals surface area contributed by atoms with Gasteiger partial charge in [0.15, 0.2) is 5.69 Å². The van der Waals surface area contributed by atoms with E-state index in [9.17, 15) is 4.79 Å². The molecule has 1 aliphatic rings. The molecule has 0 radical (unpaired) electrons. The summed E-state index contributed by atoms with van der Waals surface area (Å²) in [7, 11) is 0. The summed E-state index contributed by atoms with van der Waals surface area (Å²) in [6.07, 6.45) is 5.39. The minimum atomic E-state index is -0.119. The van der Waals surface area contributed by atoms with Crippen molar-refractivity contribution in [3.05, 3.63) is 24.0 Å². The van der Waals surface area contributed by atoms with E-state index in [0.717, 1.165) is 19.3 Å². The molecule has 1 aromatic heterocycles. The lowest BCUT2D eigenvalue weighted by molar-refractivity contribution is 0.0557. The largest absolute Gasteiger partial charge is 0.397 e. The fourth-order valence-electron chi connectivity index (χ4n) is 2.12. The Morgan fingerprint density at radius 2 is 2.33 bits per heavy atom. The van der Waals surface area contributed by atoms with E-state index in [1.807, 2.05) is 0 Å². The molecule has 0 spiro atoms. The quantitative estimate of drug-likeness (QED) is 0.817. The van der Waals surface area contributed by atoms with Crippen molar-refractivity contribution in [3.63, 3.8) is 0 Å². The zero-order valence-electron chi connectivity index (χ0n) is 10.4. The zero-order valence-corrected chi connectivity index (χ0v) is 10.4. The molecule has 0 saturated heterocycles. The summed E-state index contributed by atoms with van der Waals surface area (Å²) in [5.41, 5.74) is 6.52. The van der Waals surface area contributed by atoms with Crippen LogP contribution in [0.3, 0.4) is 0 Å². The van der Waals surface area contributed by atoms with Crippen LogP contribution >= 0.6 is 0 Å². The van der Waals surface area contributed by atoms with Gasteiger partial charge in [-0.15, -0.1) is 0 Å². The Balaban J connectivity index is 2.14. The van der Waals surface area contributed by atoms with Crippen molar-refractivity contribution in [2.75, 3.05) is 18.9 Å². The first-order chi connectivity index (χ1) is 8.74. The van der Waals surface area contributed by atoms with Crippen molar-refractivity contribution in [2.45, 2.75) is 31.7 Å². The third-order valence-electron chi connectivity index (χ3n) is 3.37. The first-order valence-electron chi connectivity index (χ1n) is 6.36. The first-order valence-corrected chi connectivity index (χ1v) is 6.36. The number of hydrogen-bond acceptors (Lipinski definition) is 4. The standard InChI is InChI=1S/C13H19N3O2/c14-11-6-2-7-15-12(11)13(18)16(8-3-9-17)10-4-1-5-10/h2,6-7,10,17H,1,3-5,8-9,14H2. The number of nitrogens with zero attached hydrogens (tertiary/aromatic N) is 2. The maximum atomic E-state index is 12.4. The van der Waals surface area contributed by atoms with Crippen LogP contribution in [-0.4, -0.2) is 40.1 Å². The zero-order chi connectivity index (χ0) is 13.0. The van der Waals surface area contributed by atoms with Gasteiger partial charge in [-0.05, 0) is 37.8 Å². The predicted molar refractivity (Wildman–Crippen MR) is 69.0 cm³/mol. The second kappa shape index (κ2) is 5.82. The summed E-state index contributed by atoms with van der Waals surface area (Å²) in [6.45, 7) is 0.657. The molecule has 5 nitrogen and oxygen atoms in total. The fraction of sp³-hybridized carbons (Fsp3) is 0.538. The highest BCUT2D eigenvalue weighted by Crippen LogP contribution is 2.26. The second-order valence-corrected chi connectivity index (χ2v) is 4.60. The SMILES string of the molecule is Nc1cccnc1C(=O)N(CCCO)C1CCC1. The highest BCUT2D eigenvalue weighted by atomic mass is 16.3. The van der Waals surface area contributed by atoms with Crippen LogP contribution in [0, 0.1) is 0 Å². The van der Waals surface area contributed by atoms with Gasteiger partial charge in [0.25, 0.3) is 5.91 Å². The van der Waals surface area contributed by atoms with Crippen LogP contribution in [0.1, 0.15) is 36.2 Å². The minimum Gasteiger partial charge on any atom is -0.397 e. The summed E-state index contributed by atoms with van der Waals surface area (Å²) in [5, 5.41) is 8.92. The van der Waals surface area contributed by atoms with Crippen LogP contribution in [0.15, 0.2) is 18.3 Å². The highest BCUT2D eigenvalue weighted by molar-refractivity contribution is 5.97. The molecule has 3 N–H and O–H groups in total. The predicted octanol–water partition coefficient (Wildman–Crippen LogP) is 1.04. The number of rotatable bonds is 5. The molecule has 18 heavy (non-hydrogen) atoms. The Morgan fingerprint density at radius 1 is 1.56 bits per heavy atom. The molecule has 5 heteroatoms. The number of nitrogens with two attached hydrogens (primary N) is 1. The number of anilines is 1. The molecule has 98 valence electrons. The lowest BCUT2D eigenvalue weighted by Gasteiger charge is -2.37. The van der Waals surface area contributed by atoms with Crippen LogP contribution in [0.5, 0.6) is 0 Å². The minimum absolute atomic E-state index is 0.0915. The third-order valence-corrected chi connectivity index (χ3v) is 3.37. The normalized spacial score (nSPS) is 15.2. The van der Waals surface area contributed by atoms with E-state index in [0.29, 0.717) is 24.3 Å². The average Bonchev–Trinajstić information content (AvgIpc) is 2.32. The van der Waals surface area contributed by atoms with Crippen LogP contribution in [0.2, 0.25) is 0 Å². The summed E-state index contributed by atoms with van der Waals surface area (Å²) < 4.78 is 0. The Kier molecular flexibility index (Phi) is 4.15. The molecular formula is C13H19N3O2. The summed E-state index contributed by atoms with van der Waals surface area (Å²) in [4.78, 5) is 18.3. The van der Waals surface area contributed by atoms with E-state index in [2.05, 4.69) is 4.98 Å². The molecule has 1 saturated carbocycles. The molecule has 1 fully saturated rings. The van der Waals surface area contributed by atoms with Gasteiger partial charge in [0.05, 0.1) is 5.69 Å². The van der Waals surface area contributed by atoms with E-state index in [1.54, 1.807) is 23.2 Å². The summed E-state index contributed by atoms with van der Waals surface area (Å²) in [5.74, 6) is -0.119. The summed E-state index contributed by atoms with van der Waals surface area (Å²) in [6, 6.07) is 3.68. The Morgan fingerprint density at radius 3 is 2.89 bits per heavy atom. The molecule has 0 aromatic carbocycles. The molecule has 2 rings (SSSR count). The number of carbonyl (C=O) groups excluding carboxylic acids is 1. The van der Waals surface area contributed by atoms with Crippen molar-refractivity contribution < 1.29 is 9.90 Å². The van der Waals surface area contributed by atoms with Gasteiger partial charge >= 0.3 is 0 Å². The van der Waals surface area contributed by atoms with Crippen molar-refractivity contribution in [1.29, 1.82) is 0 Å². The second-order valence-electron chi connectivity index (χ2n) is 4.60. The van der Waals surface area contributed by atoms with E-state index in [-0.39, 0.29) is 18.6 Å². The average molecular weight is 249 g/mol. The molecular weight excluding hydrogens is 230 g/mol. The first kappa shape index (κ1) is 12.8. The van der Waals surface area contributed by atoms with Crippen LogP contribution < -0.4 is 5.73 Å². The molecule has 0 aliphatic heterocycles. The van der Waals surface area contributed by atoms with Crippen LogP contribution in [-0.2, 0) is 0 Å².